The highest BCUT2D eigenvalue weighted by Crippen LogP contribution is 2.26. The molecule has 0 aromatic heterocycles. The third-order valence-electron chi connectivity index (χ3n) is 3.31. The molecule has 1 aliphatic rings. The second kappa shape index (κ2) is 8.06. The van der Waals surface area contributed by atoms with E-state index < -0.39 is 0 Å². The third kappa shape index (κ3) is 7.02. The maximum absolute atomic E-state index is 8.73. The Balaban J connectivity index is 2.09. The molecule has 1 atom stereocenters. The van der Waals surface area contributed by atoms with Crippen LogP contribution in [0, 0.1) is 5.41 Å². The van der Waals surface area contributed by atoms with Crippen molar-refractivity contribution >= 4 is 0 Å². The normalized spacial score (nSPS) is 21.7. The van der Waals surface area contributed by atoms with Gasteiger partial charge in [0.05, 0.1) is 6.61 Å². The van der Waals surface area contributed by atoms with Gasteiger partial charge in [0, 0.05) is 13.2 Å². The van der Waals surface area contributed by atoms with Crippen LogP contribution in [-0.4, -0.2) is 31.2 Å². The van der Waals surface area contributed by atoms with Gasteiger partial charge in [0.25, 0.3) is 0 Å². The molecule has 1 fully saturated rings. The molecule has 1 heterocycles. The summed E-state index contributed by atoms with van der Waals surface area (Å²) in [5, 5.41) is 8.73. The van der Waals surface area contributed by atoms with Crippen LogP contribution in [0.5, 0.6) is 0 Å². The largest absolute Gasteiger partial charge is 0.396 e. The van der Waals surface area contributed by atoms with Crippen LogP contribution < -0.4 is 0 Å². The number of ether oxygens (including phenoxy) is 2. The van der Waals surface area contributed by atoms with E-state index in [1.54, 1.807) is 0 Å². The molecule has 0 spiro atoms. The first-order valence-corrected chi connectivity index (χ1v) is 6.98. The number of unbranched alkanes of at least 4 members (excludes halogenated alkanes) is 2. The summed E-state index contributed by atoms with van der Waals surface area (Å²) in [7, 11) is 0. The van der Waals surface area contributed by atoms with Gasteiger partial charge >= 0.3 is 0 Å². The Kier molecular flexibility index (Phi) is 7.09. The molecule has 0 aliphatic carbocycles. The van der Waals surface area contributed by atoms with Crippen molar-refractivity contribution in [3.63, 3.8) is 0 Å². The summed E-state index contributed by atoms with van der Waals surface area (Å²) in [5.74, 6) is 0. The smallest absolute Gasteiger partial charge is 0.157 e. The van der Waals surface area contributed by atoms with Gasteiger partial charge in [0.15, 0.2) is 6.29 Å². The number of hydrogen-bond acceptors (Lipinski definition) is 3. The fourth-order valence-corrected chi connectivity index (χ4v) is 2.13. The van der Waals surface area contributed by atoms with E-state index in [0.717, 1.165) is 38.9 Å². The van der Waals surface area contributed by atoms with Crippen molar-refractivity contribution in [3.8, 4) is 0 Å². The van der Waals surface area contributed by atoms with E-state index in [0.29, 0.717) is 6.61 Å². The first-order chi connectivity index (χ1) is 8.14. The molecule has 3 nitrogen and oxygen atoms in total. The lowest BCUT2D eigenvalue weighted by Gasteiger charge is -2.29. The highest BCUT2D eigenvalue weighted by atomic mass is 16.7. The molecule has 0 amide bonds. The van der Waals surface area contributed by atoms with Gasteiger partial charge in [-0.15, -0.1) is 0 Å². The Morgan fingerprint density at radius 3 is 2.71 bits per heavy atom. The number of aliphatic hydroxyl groups excluding tert-OH is 1. The molecule has 17 heavy (non-hydrogen) atoms. The predicted molar refractivity (Wildman–Crippen MR) is 68.9 cm³/mol. The molecule has 1 N–H and O–H groups in total. The summed E-state index contributed by atoms with van der Waals surface area (Å²) in [4.78, 5) is 0. The second-order valence-corrected chi connectivity index (χ2v) is 5.81. The molecule has 0 aromatic rings. The molecular weight excluding hydrogens is 216 g/mol. The topological polar surface area (TPSA) is 38.7 Å². The highest BCUT2D eigenvalue weighted by molar-refractivity contribution is 4.68. The van der Waals surface area contributed by atoms with Crippen LogP contribution in [0.2, 0.25) is 0 Å². The van der Waals surface area contributed by atoms with Crippen molar-refractivity contribution in [1.82, 2.24) is 0 Å². The highest BCUT2D eigenvalue weighted by Gasteiger charge is 2.21. The molecule has 0 unspecified atom stereocenters. The molecule has 1 aliphatic heterocycles. The van der Waals surface area contributed by atoms with Gasteiger partial charge < -0.3 is 14.6 Å². The average Bonchev–Trinajstić information content (AvgIpc) is 2.34. The fourth-order valence-electron chi connectivity index (χ4n) is 2.13. The van der Waals surface area contributed by atoms with Crippen molar-refractivity contribution in [2.75, 3.05) is 19.8 Å². The van der Waals surface area contributed by atoms with E-state index >= 15 is 0 Å². The SMILES string of the molecule is CC(C)(CCCCCO)CO[C@H]1CCCCO1. The van der Waals surface area contributed by atoms with Gasteiger partial charge in [0.1, 0.15) is 0 Å². The minimum atomic E-state index is 0.0282. The monoisotopic (exact) mass is 244 g/mol. The van der Waals surface area contributed by atoms with Crippen LogP contribution in [0.25, 0.3) is 0 Å². The van der Waals surface area contributed by atoms with Crippen LogP contribution in [0.3, 0.4) is 0 Å². The maximum Gasteiger partial charge on any atom is 0.157 e. The van der Waals surface area contributed by atoms with Crippen LogP contribution in [0.1, 0.15) is 58.8 Å². The summed E-state index contributed by atoms with van der Waals surface area (Å²) >= 11 is 0. The van der Waals surface area contributed by atoms with Crippen molar-refractivity contribution in [1.29, 1.82) is 0 Å². The summed E-state index contributed by atoms with van der Waals surface area (Å²) in [6.45, 7) is 6.43. The van der Waals surface area contributed by atoms with Gasteiger partial charge in [-0.2, -0.15) is 0 Å². The third-order valence-corrected chi connectivity index (χ3v) is 3.31. The average molecular weight is 244 g/mol. The van der Waals surface area contributed by atoms with Gasteiger partial charge in [-0.1, -0.05) is 26.7 Å². The zero-order valence-electron chi connectivity index (χ0n) is 11.4. The quantitative estimate of drug-likeness (QED) is 0.667. The standard InChI is InChI=1S/C14H28O3/c1-14(2,9-5-3-6-10-15)12-17-13-8-4-7-11-16-13/h13,15H,3-12H2,1-2H3/t13-/m0/s1. The first-order valence-electron chi connectivity index (χ1n) is 6.98. The Labute approximate surface area is 105 Å². The van der Waals surface area contributed by atoms with Gasteiger partial charge in [-0.3, -0.25) is 0 Å². The Morgan fingerprint density at radius 2 is 2.06 bits per heavy atom. The van der Waals surface area contributed by atoms with E-state index in [9.17, 15) is 0 Å². The zero-order valence-corrected chi connectivity index (χ0v) is 11.4. The van der Waals surface area contributed by atoms with Gasteiger partial charge in [0.2, 0.25) is 0 Å². The number of hydrogen-bond donors (Lipinski definition) is 1. The molecule has 0 bridgehead atoms. The van der Waals surface area contributed by atoms with E-state index in [-0.39, 0.29) is 11.7 Å². The predicted octanol–water partition coefficient (Wildman–Crippen LogP) is 3.11. The maximum atomic E-state index is 8.73. The summed E-state index contributed by atoms with van der Waals surface area (Å²) < 4.78 is 11.4. The minimum Gasteiger partial charge on any atom is -0.396 e. The lowest BCUT2D eigenvalue weighted by atomic mass is 9.88. The fraction of sp³-hybridized carbons (Fsp3) is 1.00. The molecule has 0 aromatic carbocycles. The zero-order chi connectivity index (χ0) is 12.6. The van der Waals surface area contributed by atoms with E-state index in [2.05, 4.69) is 13.8 Å². The summed E-state index contributed by atoms with van der Waals surface area (Å²) in [6.07, 6.45) is 7.82. The molecule has 0 radical (unpaired) electrons. The Hall–Kier alpha value is -0.120. The van der Waals surface area contributed by atoms with E-state index in [4.69, 9.17) is 14.6 Å². The van der Waals surface area contributed by atoms with Crippen molar-refractivity contribution in [3.05, 3.63) is 0 Å². The van der Waals surface area contributed by atoms with Crippen molar-refractivity contribution < 1.29 is 14.6 Å². The van der Waals surface area contributed by atoms with Crippen LogP contribution in [0.15, 0.2) is 0 Å². The van der Waals surface area contributed by atoms with Crippen LogP contribution in [-0.2, 0) is 9.47 Å². The molecule has 0 saturated carbocycles. The van der Waals surface area contributed by atoms with Crippen molar-refractivity contribution in [2.24, 2.45) is 5.41 Å². The molecule has 3 heteroatoms. The van der Waals surface area contributed by atoms with Crippen LogP contribution >= 0.6 is 0 Å². The minimum absolute atomic E-state index is 0.0282. The van der Waals surface area contributed by atoms with Gasteiger partial charge in [-0.05, 0) is 37.5 Å². The second-order valence-electron chi connectivity index (χ2n) is 5.81. The lowest BCUT2D eigenvalue weighted by Crippen LogP contribution is -2.28. The molecule has 1 rings (SSSR count). The first kappa shape index (κ1) is 14.9. The lowest BCUT2D eigenvalue weighted by molar-refractivity contribution is -0.176. The van der Waals surface area contributed by atoms with Crippen molar-refractivity contribution in [2.45, 2.75) is 65.1 Å². The van der Waals surface area contributed by atoms with E-state index in [1.807, 2.05) is 0 Å². The Morgan fingerprint density at radius 1 is 1.24 bits per heavy atom. The van der Waals surface area contributed by atoms with E-state index in [1.165, 1.54) is 19.3 Å². The summed E-state index contributed by atoms with van der Waals surface area (Å²) in [6, 6.07) is 0. The number of aliphatic hydroxyl groups is 1. The number of rotatable bonds is 8. The molecular formula is C14H28O3. The molecule has 102 valence electrons. The summed E-state index contributed by atoms with van der Waals surface area (Å²) in [5.41, 5.74) is 0.219. The molecule has 1 saturated heterocycles. The Bertz CT molecular complexity index is 186. The van der Waals surface area contributed by atoms with Gasteiger partial charge in [-0.25, -0.2) is 0 Å². The van der Waals surface area contributed by atoms with Crippen LogP contribution in [0.4, 0.5) is 0 Å².